The fourth-order valence-corrected chi connectivity index (χ4v) is 3.56. The fraction of sp³-hybridized carbons (Fsp3) is 0.389. The molecule has 128 valence electrons. The molecule has 1 aliphatic heterocycles. The molecule has 6 heteroatoms. The van der Waals surface area contributed by atoms with Crippen molar-refractivity contribution < 1.29 is 9.18 Å². The number of rotatable bonds is 5. The van der Waals surface area contributed by atoms with E-state index in [0.29, 0.717) is 5.69 Å². The fourth-order valence-electron chi connectivity index (χ4n) is 2.90. The number of hydrogen-bond acceptors (Lipinski definition) is 4. The molecule has 1 saturated heterocycles. The summed E-state index contributed by atoms with van der Waals surface area (Å²) in [5.41, 5.74) is 1.99. The van der Waals surface area contributed by atoms with Gasteiger partial charge in [0.15, 0.2) is 0 Å². The highest BCUT2D eigenvalue weighted by molar-refractivity contribution is 7.07. The highest BCUT2D eigenvalue weighted by atomic mass is 32.1. The van der Waals surface area contributed by atoms with Gasteiger partial charge in [0.25, 0.3) is 0 Å². The summed E-state index contributed by atoms with van der Waals surface area (Å²) >= 11 is 1.73. The molecule has 1 fully saturated rings. The van der Waals surface area contributed by atoms with Crippen LogP contribution in [0.1, 0.15) is 12.5 Å². The van der Waals surface area contributed by atoms with Gasteiger partial charge in [-0.2, -0.15) is 11.3 Å². The Morgan fingerprint density at radius 1 is 1.21 bits per heavy atom. The van der Waals surface area contributed by atoms with Crippen LogP contribution in [0.5, 0.6) is 0 Å². The van der Waals surface area contributed by atoms with Gasteiger partial charge in [0.1, 0.15) is 5.82 Å². The minimum Gasteiger partial charge on any atom is -0.325 e. The van der Waals surface area contributed by atoms with E-state index in [9.17, 15) is 9.18 Å². The molecular formula is C18H22FN3OS. The maximum atomic E-state index is 12.9. The van der Waals surface area contributed by atoms with Crippen LogP contribution in [0.25, 0.3) is 0 Å². The van der Waals surface area contributed by atoms with Gasteiger partial charge in [-0.05, 0) is 53.6 Å². The maximum absolute atomic E-state index is 12.9. The van der Waals surface area contributed by atoms with E-state index in [1.54, 1.807) is 23.5 Å². The molecule has 2 aromatic rings. The molecule has 0 saturated carbocycles. The third-order valence-corrected chi connectivity index (χ3v) is 5.16. The molecule has 0 aliphatic carbocycles. The van der Waals surface area contributed by atoms with Crippen molar-refractivity contribution in [2.75, 3.05) is 31.5 Å². The Balaban J connectivity index is 1.48. The third kappa shape index (κ3) is 4.41. The van der Waals surface area contributed by atoms with Gasteiger partial charge in [-0.15, -0.1) is 0 Å². The number of piperazine rings is 1. The molecule has 1 atom stereocenters. The van der Waals surface area contributed by atoms with Gasteiger partial charge < -0.3 is 5.32 Å². The van der Waals surface area contributed by atoms with Gasteiger partial charge in [-0.3, -0.25) is 14.6 Å². The molecule has 1 amide bonds. The average Bonchev–Trinajstić information content (AvgIpc) is 3.10. The lowest BCUT2D eigenvalue weighted by Crippen LogP contribution is -2.52. The number of nitrogens with zero attached hydrogens (tertiary/aromatic N) is 2. The van der Waals surface area contributed by atoms with Gasteiger partial charge in [0.05, 0.1) is 6.04 Å². The summed E-state index contributed by atoms with van der Waals surface area (Å²) in [6.07, 6.45) is 0. The zero-order chi connectivity index (χ0) is 16.9. The Morgan fingerprint density at radius 3 is 2.54 bits per heavy atom. The summed E-state index contributed by atoms with van der Waals surface area (Å²) in [5.74, 6) is -0.351. The maximum Gasteiger partial charge on any atom is 0.241 e. The van der Waals surface area contributed by atoms with Crippen molar-refractivity contribution >= 4 is 22.9 Å². The van der Waals surface area contributed by atoms with Crippen molar-refractivity contribution in [2.24, 2.45) is 0 Å². The minimum absolute atomic E-state index is 0.0482. The van der Waals surface area contributed by atoms with Crippen molar-refractivity contribution in [3.8, 4) is 0 Å². The normalized spacial score (nSPS) is 17.6. The van der Waals surface area contributed by atoms with Crippen molar-refractivity contribution in [1.29, 1.82) is 0 Å². The molecule has 0 unspecified atom stereocenters. The number of carbonyl (C=O) groups excluding carboxylic acids is 1. The van der Waals surface area contributed by atoms with E-state index in [1.807, 2.05) is 6.92 Å². The molecule has 3 rings (SSSR count). The lowest BCUT2D eigenvalue weighted by molar-refractivity contribution is -0.121. The van der Waals surface area contributed by atoms with E-state index < -0.39 is 0 Å². The number of thiophene rings is 1. The predicted octanol–water partition coefficient (Wildman–Crippen LogP) is 3.03. The Kier molecular flexibility index (Phi) is 5.60. The summed E-state index contributed by atoms with van der Waals surface area (Å²) in [6.45, 7) is 6.58. The molecule has 0 bridgehead atoms. The van der Waals surface area contributed by atoms with E-state index >= 15 is 0 Å². The summed E-state index contributed by atoms with van der Waals surface area (Å²) in [5, 5.41) is 7.14. The van der Waals surface area contributed by atoms with Crippen LogP contribution < -0.4 is 5.32 Å². The second-order valence-electron chi connectivity index (χ2n) is 6.12. The standard InChI is InChI=1S/C18H22FN3OS/c1-14(18(23)20-17-4-2-16(19)3-5-17)22-9-7-21(8-10-22)12-15-6-11-24-13-15/h2-6,11,13-14H,7-10,12H2,1H3,(H,20,23)/t14-/m1/s1. The Morgan fingerprint density at radius 2 is 1.92 bits per heavy atom. The predicted molar refractivity (Wildman–Crippen MR) is 95.7 cm³/mol. The molecule has 1 aromatic carbocycles. The minimum atomic E-state index is -0.303. The number of amides is 1. The molecule has 24 heavy (non-hydrogen) atoms. The highest BCUT2D eigenvalue weighted by Crippen LogP contribution is 2.14. The summed E-state index contributed by atoms with van der Waals surface area (Å²) in [6, 6.07) is 7.83. The van der Waals surface area contributed by atoms with Gasteiger partial charge in [0, 0.05) is 38.4 Å². The first-order valence-electron chi connectivity index (χ1n) is 8.16. The molecular weight excluding hydrogens is 325 g/mol. The Bertz CT molecular complexity index is 651. The van der Waals surface area contributed by atoms with Crippen LogP contribution >= 0.6 is 11.3 Å². The number of carbonyl (C=O) groups is 1. The summed E-state index contributed by atoms with van der Waals surface area (Å²) in [4.78, 5) is 17.0. The van der Waals surface area contributed by atoms with Crippen molar-refractivity contribution in [3.63, 3.8) is 0 Å². The average molecular weight is 347 g/mol. The number of hydrogen-bond donors (Lipinski definition) is 1. The number of anilines is 1. The smallest absolute Gasteiger partial charge is 0.241 e. The van der Waals surface area contributed by atoms with Crippen LogP contribution in [0.3, 0.4) is 0 Å². The molecule has 4 nitrogen and oxygen atoms in total. The molecule has 0 spiro atoms. The SMILES string of the molecule is C[C@H](C(=O)Nc1ccc(F)cc1)N1CCN(Cc2ccsc2)CC1. The van der Waals surface area contributed by atoms with Crippen LogP contribution in [-0.2, 0) is 11.3 Å². The molecule has 2 heterocycles. The van der Waals surface area contributed by atoms with Gasteiger partial charge in [-0.25, -0.2) is 4.39 Å². The Hall–Kier alpha value is -1.76. The van der Waals surface area contributed by atoms with Crippen molar-refractivity contribution in [1.82, 2.24) is 9.80 Å². The second-order valence-corrected chi connectivity index (χ2v) is 6.90. The quantitative estimate of drug-likeness (QED) is 0.903. The summed E-state index contributed by atoms with van der Waals surface area (Å²) < 4.78 is 12.9. The van der Waals surface area contributed by atoms with E-state index in [2.05, 4.69) is 31.9 Å². The van der Waals surface area contributed by atoms with Crippen LogP contribution in [0.4, 0.5) is 10.1 Å². The van der Waals surface area contributed by atoms with E-state index in [1.165, 1.54) is 17.7 Å². The molecule has 1 N–H and O–H groups in total. The van der Waals surface area contributed by atoms with E-state index in [0.717, 1.165) is 32.7 Å². The van der Waals surface area contributed by atoms with Crippen LogP contribution in [0, 0.1) is 5.82 Å². The topological polar surface area (TPSA) is 35.6 Å². The van der Waals surface area contributed by atoms with Crippen LogP contribution in [-0.4, -0.2) is 47.9 Å². The van der Waals surface area contributed by atoms with Crippen LogP contribution in [0.15, 0.2) is 41.1 Å². The number of nitrogens with one attached hydrogen (secondary N) is 1. The summed E-state index contributed by atoms with van der Waals surface area (Å²) in [7, 11) is 0. The first kappa shape index (κ1) is 17.1. The third-order valence-electron chi connectivity index (χ3n) is 4.43. The van der Waals surface area contributed by atoms with Crippen molar-refractivity contribution in [2.45, 2.75) is 19.5 Å². The van der Waals surface area contributed by atoms with Crippen LogP contribution in [0.2, 0.25) is 0 Å². The number of halogens is 1. The zero-order valence-electron chi connectivity index (χ0n) is 13.7. The first-order chi connectivity index (χ1) is 11.6. The molecule has 1 aromatic heterocycles. The first-order valence-corrected chi connectivity index (χ1v) is 9.10. The molecule has 0 radical (unpaired) electrons. The largest absolute Gasteiger partial charge is 0.325 e. The monoisotopic (exact) mass is 347 g/mol. The highest BCUT2D eigenvalue weighted by Gasteiger charge is 2.25. The zero-order valence-corrected chi connectivity index (χ0v) is 14.6. The Labute approximate surface area is 145 Å². The van der Waals surface area contributed by atoms with Gasteiger partial charge >= 0.3 is 0 Å². The lowest BCUT2D eigenvalue weighted by atomic mass is 10.2. The van der Waals surface area contributed by atoms with E-state index in [-0.39, 0.29) is 17.8 Å². The lowest BCUT2D eigenvalue weighted by Gasteiger charge is -2.37. The van der Waals surface area contributed by atoms with Gasteiger partial charge in [0.2, 0.25) is 5.91 Å². The van der Waals surface area contributed by atoms with Gasteiger partial charge in [-0.1, -0.05) is 0 Å². The number of benzene rings is 1. The van der Waals surface area contributed by atoms with E-state index in [4.69, 9.17) is 0 Å². The second kappa shape index (κ2) is 7.88. The molecule has 1 aliphatic rings. The van der Waals surface area contributed by atoms with Crippen molar-refractivity contribution in [3.05, 3.63) is 52.5 Å².